The molecule has 426 valence electrons. The molecule has 4 atom stereocenters. The zero-order valence-corrected chi connectivity index (χ0v) is 50.2. The van der Waals surface area contributed by atoms with Crippen molar-refractivity contribution >= 4 is 98.9 Å². The highest BCUT2D eigenvalue weighted by atomic mass is 15.2. The fourth-order valence-corrected chi connectivity index (χ4v) is 15.6. The maximum Gasteiger partial charge on any atom is 0.0586 e. The summed E-state index contributed by atoms with van der Waals surface area (Å²) in [6.07, 6.45) is 23.0. The maximum absolute atomic E-state index is 5.69. The minimum atomic E-state index is -0.156. The van der Waals surface area contributed by atoms with Gasteiger partial charge in [0.25, 0.3) is 0 Å². The monoisotopic (exact) mass is 1140 g/mol. The van der Waals surface area contributed by atoms with Crippen LogP contribution in [0.15, 0.2) is 303 Å². The molecule has 13 aromatic rings. The second kappa shape index (κ2) is 21.3. The first kappa shape index (κ1) is 52.6. The zero-order chi connectivity index (χ0) is 59.3. The molecule has 11 aromatic carbocycles. The summed E-state index contributed by atoms with van der Waals surface area (Å²) in [4.78, 5) is 13.5. The molecular formula is C84H65N5. The van der Waals surface area contributed by atoms with Gasteiger partial charge in [-0.3, -0.25) is 4.98 Å². The van der Waals surface area contributed by atoms with Gasteiger partial charge in [-0.05, 0) is 177 Å². The summed E-state index contributed by atoms with van der Waals surface area (Å²) < 4.78 is 2.50. The summed E-state index contributed by atoms with van der Waals surface area (Å²) in [5.74, 6) is 0.297. The highest BCUT2D eigenvalue weighted by molar-refractivity contribution is 6.09. The van der Waals surface area contributed by atoms with Gasteiger partial charge in [0, 0.05) is 85.4 Å². The second-order valence-electron chi connectivity index (χ2n) is 24.7. The van der Waals surface area contributed by atoms with E-state index in [2.05, 4.69) is 331 Å². The number of benzene rings is 11. The molecule has 3 heterocycles. The van der Waals surface area contributed by atoms with E-state index in [-0.39, 0.29) is 18.1 Å². The van der Waals surface area contributed by atoms with Crippen LogP contribution in [0, 0.1) is 26.7 Å². The number of pyridine rings is 1. The molecule has 5 nitrogen and oxygen atoms in total. The molecule has 1 aliphatic heterocycles. The van der Waals surface area contributed by atoms with Crippen LogP contribution in [0.5, 0.6) is 0 Å². The van der Waals surface area contributed by atoms with Crippen LogP contribution in [0.3, 0.4) is 0 Å². The lowest BCUT2D eigenvalue weighted by molar-refractivity contribution is 0.673. The molecule has 4 unspecified atom stereocenters. The van der Waals surface area contributed by atoms with E-state index in [9.17, 15) is 0 Å². The summed E-state index contributed by atoms with van der Waals surface area (Å²) in [6.45, 7) is 6.81. The number of nitrogens with zero attached hydrogens (tertiary/aromatic N) is 5. The van der Waals surface area contributed by atoms with Gasteiger partial charge in [0.15, 0.2) is 0 Å². The normalized spacial score (nSPS) is 17.8. The van der Waals surface area contributed by atoms with Crippen molar-refractivity contribution in [2.75, 3.05) is 14.7 Å². The number of fused-ring (bicyclic) bond motifs is 10. The molecule has 5 heteroatoms. The summed E-state index contributed by atoms with van der Waals surface area (Å²) >= 11 is 0. The van der Waals surface area contributed by atoms with E-state index in [1.165, 1.54) is 87.4 Å². The fraction of sp³-hybridized carbons (Fsp3) is 0.107. The van der Waals surface area contributed by atoms with Crippen molar-refractivity contribution in [2.24, 2.45) is 5.92 Å². The first-order valence-corrected chi connectivity index (χ1v) is 31.4. The number of aryl methyl sites for hydroxylation is 2. The zero-order valence-electron chi connectivity index (χ0n) is 50.2. The van der Waals surface area contributed by atoms with E-state index < -0.39 is 0 Å². The number of hydrogen-bond donors (Lipinski definition) is 0. The Balaban J connectivity index is 0.915. The third-order valence-electron chi connectivity index (χ3n) is 19.5. The number of para-hydroxylation sites is 2. The molecule has 0 bridgehead atoms. The van der Waals surface area contributed by atoms with Crippen LogP contribution < -0.4 is 14.7 Å². The Morgan fingerprint density at radius 3 is 1.54 bits per heavy atom. The van der Waals surface area contributed by atoms with Gasteiger partial charge >= 0.3 is 0 Å². The van der Waals surface area contributed by atoms with Crippen molar-refractivity contribution < 1.29 is 0 Å². The molecule has 0 saturated carbocycles. The lowest BCUT2D eigenvalue weighted by Gasteiger charge is -2.39. The van der Waals surface area contributed by atoms with Gasteiger partial charge in [0.05, 0.1) is 29.2 Å². The molecule has 17 rings (SSSR count). The SMILES string of the molecule is Cc1nc(C)c(-c2cc(N3C4CC=CC=C4C4C=CC=CC43)cc(-n3c4ccccc4c4ccccc43)c2)c(C)c1C1=CC(N(c2ccc3ccccc3c2)c2ccc3ccccc3c2)CC(N(c2ccc3ccccc3c2)c2ccc3ccccc3c2)=C1. The van der Waals surface area contributed by atoms with Crippen LogP contribution in [0.4, 0.5) is 28.4 Å². The molecule has 1 fully saturated rings. The highest BCUT2D eigenvalue weighted by Gasteiger charge is 2.44. The molecule has 3 aliphatic carbocycles. The second-order valence-corrected chi connectivity index (χ2v) is 24.7. The Labute approximate surface area is 519 Å². The maximum atomic E-state index is 5.69. The van der Waals surface area contributed by atoms with Crippen molar-refractivity contribution in [1.82, 2.24) is 9.55 Å². The Morgan fingerprint density at radius 2 is 0.955 bits per heavy atom. The van der Waals surface area contributed by atoms with Crippen LogP contribution in [0.25, 0.3) is 87.3 Å². The summed E-state index contributed by atoms with van der Waals surface area (Å²) in [5, 5.41) is 12.1. The van der Waals surface area contributed by atoms with Crippen molar-refractivity contribution in [1.29, 1.82) is 0 Å². The minimum Gasteiger partial charge on any atom is -0.357 e. The van der Waals surface area contributed by atoms with Gasteiger partial charge in [-0.1, -0.05) is 206 Å². The number of rotatable bonds is 10. The number of hydrogen-bond acceptors (Lipinski definition) is 4. The summed E-state index contributed by atoms with van der Waals surface area (Å²) in [7, 11) is 0. The van der Waals surface area contributed by atoms with Gasteiger partial charge in [0.1, 0.15) is 0 Å². The van der Waals surface area contributed by atoms with E-state index in [0.717, 1.165) is 68.5 Å². The first-order valence-electron chi connectivity index (χ1n) is 31.4. The largest absolute Gasteiger partial charge is 0.357 e. The number of anilines is 5. The molecule has 0 N–H and O–H groups in total. The molecule has 0 radical (unpaired) electrons. The van der Waals surface area contributed by atoms with Crippen molar-refractivity contribution in [3.8, 4) is 16.8 Å². The Kier molecular flexibility index (Phi) is 12.6. The van der Waals surface area contributed by atoms with E-state index in [1.807, 2.05) is 0 Å². The predicted octanol–water partition coefficient (Wildman–Crippen LogP) is 21.3. The Morgan fingerprint density at radius 1 is 0.461 bits per heavy atom. The lowest BCUT2D eigenvalue weighted by Crippen LogP contribution is -2.37. The molecular weight excluding hydrogens is 1080 g/mol. The van der Waals surface area contributed by atoms with Crippen LogP contribution in [0.2, 0.25) is 0 Å². The van der Waals surface area contributed by atoms with Crippen LogP contribution in [-0.4, -0.2) is 27.7 Å². The lowest BCUT2D eigenvalue weighted by atomic mass is 9.86. The average molecular weight is 1140 g/mol. The van der Waals surface area contributed by atoms with Crippen molar-refractivity contribution in [3.05, 3.63) is 325 Å². The van der Waals surface area contributed by atoms with Gasteiger partial charge in [-0.2, -0.15) is 0 Å². The fourth-order valence-electron chi connectivity index (χ4n) is 15.6. The average Bonchev–Trinajstić information content (AvgIpc) is 1.95. The third kappa shape index (κ3) is 8.94. The molecule has 4 aliphatic rings. The van der Waals surface area contributed by atoms with E-state index in [4.69, 9.17) is 4.98 Å². The quantitative estimate of drug-likeness (QED) is 0.136. The number of aromatic nitrogens is 2. The molecule has 89 heavy (non-hydrogen) atoms. The van der Waals surface area contributed by atoms with Crippen LogP contribution in [0.1, 0.15) is 35.4 Å². The standard InChI is InChI=1S/C84H65N5/c1-54-83(55(2)85-56(3)84(54)66-50-73(88-79-32-16-12-28-75(79)76-29-13-17-33-80(76)88)53-74(51-66)89-81-34-18-14-30-77(81)78-31-15-19-35-82(78)89)65-48-71(86(67-40-36-57-20-4-8-24-61(57)44-67)68-41-37-58-21-5-9-25-62(58)45-68)52-72(49-65)87(69-42-38-59-22-6-10-26-63(59)46-69)70-43-39-60-23-7-11-27-64(60)47-70/h4-34,36-51,53,71,77,81-82H,35,52H2,1-3H3. The Bertz CT molecular complexity index is 5050. The molecule has 1 saturated heterocycles. The van der Waals surface area contributed by atoms with Gasteiger partial charge in [-0.15, -0.1) is 0 Å². The first-order chi connectivity index (χ1) is 43.8. The van der Waals surface area contributed by atoms with E-state index >= 15 is 0 Å². The van der Waals surface area contributed by atoms with E-state index in [1.54, 1.807) is 0 Å². The number of allylic oxidation sites excluding steroid dienone is 6. The molecule has 0 amide bonds. The molecule has 2 aromatic heterocycles. The summed E-state index contributed by atoms with van der Waals surface area (Å²) in [5.41, 5.74) is 19.7. The predicted molar refractivity (Wildman–Crippen MR) is 376 cm³/mol. The van der Waals surface area contributed by atoms with Gasteiger partial charge in [0.2, 0.25) is 0 Å². The summed E-state index contributed by atoms with van der Waals surface area (Å²) in [6, 6.07) is 88.3. The third-order valence-corrected chi connectivity index (χ3v) is 19.5. The van der Waals surface area contributed by atoms with Crippen LogP contribution in [-0.2, 0) is 0 Å². The minimum absolute atomic E-state index is 0.156. The highest BCUT2D eigenvalue weighted by Crippen LogP contribution is 2.49. The van der Waals surface area contributed by atoms with E-state index in [0.29, 0.717) is 12.3 Å². The molecule has 0 spiro atoms. The smallest absolute Gasteiger partial charge is 0.0586 e. The van der Waals surface area contributed by atoms with Crippen molar-refractivity contribution in [2.45, 2.75) is 51.7 Å². The van der Waals surface area contributed by atoms with Gasteiger partial charge < -0.3 is 19.3 Å². The topological polar surface area (TPSA) is 27.5 Å². The Hall–Kier alpha value is -10.8. The van der Waals surface area contributed by atoms with Crippen LogP contribution >= 0.6 is 0 Å². The van der Waals surface area contributed by atoms with Crippen molar-refractivity contribution in [3.63, 3.8) is 0 Å². The van der Waals surface area contributed by atoms with Gasteiger partial charge in [-0.25, -0.2) is 0 Å².